The Kier molecular flexibility index (Phi) is 5.51. The standard InChI is InChI=1S/C31H24N4O2S/c36-30(33-21-12-13-21)28-16-19-14-15-35(27-11-4-3-8-23(27)29(19)38-28)31(37)26-10-5-9-25(34-26)24-18-32-17-20-6-1-2-7-22(20)24/h1-11,16-18,21H,12-15H2,(H,33,36). The first-order valence-electron chi connectivity index (χ1n) is 12.8. The lowest BCUT2D eigenvalue weighted by molar-refractivity contribution is 0.0952. The fraction of sp³-hybridized carbons (Fsp3) is 0.161. The molecule has 1 N–H and O–H groups in total. The van der Waals surface area contributed by atoms with Gasteiger partial charge in [-0.1, -0.05) is 48.5 Å². The van der Waals surface area contributed by atoms with Crippen LogP contribution in [0.4, 0.5) is 5.69 Å². The maximum Gasteiger partial charge on any atom is 0.276 e. The molecule has 0 bridgehead atoms. The molecule has 0 radical (unpaired) electrons. The highest BCUT2D eigenvalue weighted by Crippen LogP contribution is 2.42. The van der Waals surface area contributed by atoms with E-state index in [0.717, 1.165) is 55.7 Å². The Morgan fingerprint density at radius 2 is 1.76 bits per heavy atom. The molecule has 0 saturated heterocycles. The van der Waals surface area contributed by atoms with E-state index >= 15 is 0 Å². The van der Waals surface area contributed by atoms with Crippen molar-refractivity contribution >= 4 is 39.6 Å². The average molecular weight is 517 g/mol. The summed E-state index contributed by atoms with van der Waals surface area (Å²) in [6, 6.07) is 23.9. The number of thiophene rings is 1. The van der Waals surface area contributed by atoms with Crippen LogP contribution >= 0.6 is 11.3 Å². The molecule has 7 rings (SSSR count). The van der Waals surface area contributed by atoms with Crippen molar-refractivity contribution in [1.29, 1.82) is 0 Å². The van der Waals surface area contributed by atoms with Gasteiger partial charge in [-0.3, -0.25) is 14.6 Å². The number of aromatic nitrogens is 2. The second-order valence-corrected chi connectivity index (χ2v) is 10.8. The van der Waals surface area contributed by atoms with Gasteiger partial charge in [0.25, 0.3) is 11.8 Å². The number of anilines is 1. The Hall–Kier alpha value is -4.36. The highest BCUT2D eigenvalue weighted by atomic mass is 32.1. The molecule has 7 heteroatoms. The van der Waals surface area contributed by atoms with Crippen molar-refractivity contribution in [2.45, 2.75) is 25.3 Å². The van der Waals surface area contributed by atoms with Crippen LogP contribution in [0.15, 0.2) is 85.2 Å². The number of fused-ring (bicyclic) bond motifs is 4. The van der Waals surface area contributed by atoms with Gasteiger partial charge in [-0.15, -0.1) is 11.3 Å². The molecule has 1 aliphatic heterocycles. The summed E-state index contributed by atoms with van der Waals surface area (Å²) in [5, 5.41) is 5.17. The number of benzene rings is 2. The van der Waals surface area contributed by atoms with Gasteiger partial charge in [0, 0.05) is 46.4 Å². The Morgan fingerprint density at radius 1 is 0.921 bits per heavy atom. The van der Waals surface area contributed by atoms with E-state index in [9.17, 15) is 9.59 Å². The van der Waals surface area contributed by atoms with Gasteiger partial charge in [0.05, 0.1) is 16.3 Å². The van der Waals surface area contributed by atoms with Gasteiger partial charge in [-0.25, -0.2) is 4.98 Å². The maximum absolute atomic E-state index is 13.9. The zero-order valence-corrected chi connectivity index (χ0v) is 21.4. The third-order valence-electron chi connectivity index (χ3n) is 7.15. The zero-order chi connectivity index (χ0) is 25.6. The van der Waals surface area contributed by atoms with Crippen LogP contribution in [0.3, 0.4) is 0 Å². The Labute approximate surface area is 224 Å². The molecule has 2 aromatic carbocycles. The first-order chi connectivity index (χ1) is 18.7. The Bertz CT molecular complexity index is 1720. The number of hydrogen-bond acceptors (Lipinski definition) is 5. The van der Waals surface area contributed by atoms with E-state index in [0.29, 0.717) is 30.4 Å². The molecular weight excluding hydrogens is 492 g/mol. The quantitative estimate of drug-likeness (QED) is 0.312. The zero-order valence-electron chi connectivity index (χ0n) is 20.6. The van der Waals surface area contributed by atoms with E-state index in [1.54, 1.807) is 12.3 Å². The molecule has 186 valence electrons. The monoisotopic (exact) mass is 516 g/mol. The van der Waals surface area contributed by atoms with Crippen LogP contribution in [-0.4, -0.2) is 34.4 Å². The molecule has 0 spiro atoms. The molecule has 3 aromatic heterocycles. The van der Waals surface area contributed by atoms with Gasteiger partial charge in [0.2, 0.25) is 0 Å². The van der Waals surface area contributed by atoms with Crippen LogP contribution in [-0.2, 0) is 6.42 Å². The lowest BCUT2D eigenvalue weighted by atomic mass is 10.0. The second-order valence-electron chi connectivity index (χ2n) is 9.75. The minimum Gasteiger partial charge on any atom is -0.349 e. The molecule has 1 fully saturated rings. The third kappa shape index (κ3) is 4.05. The Morgan fingerprint density at radius 3 is 2.66 bits per heavy atom. The van der Waals surface area contributed by atoms with Crippen molar-refractivity contribution in [2.24, 2.45) is 0 Å². The Balaban J connectivity index is 1.24. The largest absolute Gasteiger partial charge is 0.349 e. The van der Waals surface area contributed by atoms with E-state index in [1.807, 2.05) is 77.8 Å². The number of carbonyl (C=O) groups is 2. The summed E-state index contributed by atoms with van der Waals surface area (Å²) in [6.07, 6.45) is 6.42. The SMILES string of the molecule is O=C(NC1CC1)c1cc2c(s1)-c1ccccc1N(C(=O)c1cccc(-c3cncc4ccccc34)n1)CC2. The van der Waals surface area contributed by atoms with Crippen LogP contribution in [0, 0.1) is 0 Å². The number of nitrogens with one attached hydrogen (secondary N) is 1. The van der Waals surface area contributed by atoms with Crippen molar-refractivity contribution in [3.63, 3.8) is 0 Å². The number of nitrogens with zero attached hydrogens (tertiary/aromatic N) is 3. The molecular formula is C31H24N4O2S. The van der Waals surface area contributed by atoms with Crippen molar-refractivity contribution in [1.82, 2.24) is 15.3 Å². The van der Waals surface area contributed by atoms with Crippen molar-refractivity contribution in [3.8, 4) is 21.7 Å². The van der Waals surface area contributed by atoms with Crippen LogP contribution in [0.1, 0.15) is 38.6 Å². The summed E-state index contributed by atoms with van der Waals surface area (Å²) in [6.45, 7) is 0.505. The first kappa shape index (κ1) is 22.8. The maximum atomic E-state index is 13.9. The number of hydrogen-bond donors (Lipinski definition) is 1. The fourth-order valence-corrected chi connectivity index (χ4v) is 6.21. The van der Waals surface area contributed by atoms with Crippen molar-refractivity contribution in [3.05, 3.63) is 101 Å². The summed E-state index contributed by atoms with van der Waals surface area (Å²) >= 11 is 1.51. The summed E-state index contributed by atoms with van der Waals surface area (Å²) < 4.78 is 0. The summed E-state index contributed by atoms with van der Waals surface area (Å²) in [7, 11) is 0. The number of carbonyl (C=O) groups excluding carboxylic acids is 2. The average Bonchev–Trinajstić information content (AvgIpc) is 3.71. The topological polar surface area (TPSA) is 75.2 Å². The van der Waals surface area contributed by atoms with Crippen LogP contribution in [0.2, 0.25) is 0 Å². The van der Waals surface area contributed by atoms with E-state index < -0.39 is 0 Å². The van der Waals surface area contributed by atoms with E-state index in [4.69, 9.17) is 4.98 Å². The highest BCUT2D eigenvalue weighted by molar-refractivity contribution is 7.17. The molecule has 1 aliphatic carbocycles. The van der Waals surface area contributed by atoms with E-state index in [2.05, 4.69) is 10.3 Å². The van der Waals surface area contributed by atoms with Gasteiger partial charge < -0.3 is 10.2 Å². The first-order valence-corrected chi connectivity index (χ1v) is 13.6. The molecule has 2 aliphatic rings. The molecule has 2 amide bonds. The van der Waals surface area contributed by atoms with Crippen LogP contribution < -0.4 is 10.2 Å². The van der Waals surface area contributed by atoms with Gasteiger partial charge in [0.15, 0.2) is 0 Å². The van der Waals surface area contributed by atoms with Crippen molar-refractivity contribution in [2.75, 3.05) is 11.4 Å². The molecule has 0 atom stereocenters. The lowest BCUT2D eigenvalue weighted by Crippen LogP contribution is -2.33. The summed E-state index contributed by atoms with van der Waals surface area (Å²) in [5.74, 6) is -0.144. The number of amides is 2. The van der Waals surface area contributed by atoms with E-state index in [-0.39, 0.29) is 11.8 Å². The number of para-hydroxylation sites is 1. The van der Waals surface area contributed by atoms with Crippen LogP contribution in [0.5, 0.6) is 0 Å². The highest BCUT2D eigenvalue weighted by Gasteiger charge is 2.29. The third-order valence-corrected chi connectivity index (χ3v) is 8.36. The molecule has 0 unspecified atom stereocenters. The summed E-state index contributed by atoms with van der Waals surface area (Å²) in [4.78, 5) is 39.4. The molecule has 4 heterocycles. The molecule has 1 saturated carbocycles. The predicted octanol–water partition coefficient (Wildman–Crippen LogP) is 6.12. The summed E-state index contributed by atoms with van der Waals surface area (Å²) in [5.41, 5.74) is 4.91. The predicted molar refractivity (Wildman–Crippen MR) is 151 cm³/mol. The minimum absolute atomic E-state index is 0.0000669. The van der Waals surface area contributed by atoms with Gasteiger partial charge in [-0.05, 0) is 54.5 Å². The van der Waals surface area contributed by atoms with Gasteiger partial charge >= 0.3 is 0 Å². The lowest BCUT2D eigenvalue weighted by Gasteiger charge is -2.23. The molecule has 6 nitrogen and oxygen atoms in total. The van der Waals surface area contributed by atoms with Gasteiger partial charge in [0.1, 0.15) is 5.69 Å². The van der Waals surface area contributed by atoms with Crippen LogP contribution in [0.25, 0.3) is 32.5 Å². The van der Waals surface area contributed by atoms with Gasteiger partial charge in [-0.2, -0.15) is 0 Å². The molecule has 38 heavy (non-hydrogen) atoms. The minimum atomic E-state index is -0.144. The second kappa shape index (κ2) is 9.19. The molecule has 5 aromatic rings. The number of pyridine rings is 2. The van der Waals surface area contributed by atoms with E-state index in [1.165, 1.54) is 11.3 Å². The normalized spacial score (nSPS) is 14.5. The van der Waals surface area contributed by atoms with Crippen molar-refractivity contribution < 1.29 is 9.59 Å². The fourth-order valence-electron chi connectivity index (χ4n) is 5.07. The smallest absolute Gasteiger partial charge is 0.276 e. The number of rotatable bonds is 4.